The number of carboxylic acid groups (broad SMARTS) is 1. The van der Waals surface area contributed by atoms with E-state index in [-0.39, 0.29) is 25.7 Å². The Labute approximate surface area is 206 Å². The third-order valence-electron chi connectivity index (χ3n) is 5.10. The zero-order valence-corrected chi connectivity index (χ0v) is 20.8. The van der Waals surface area contributed by atoms with E-state index in [9.17, 15) is 15.0 Å². The molecule has 34 heavy (non-hydrogen) atoms. The first-order valence-corrected chi connectivity index (χ1v) is 11.6. The zero-order chi connectivity index (χ0) is 24.8. The number of hydrogen-bond donors (Lipinski definition) is 2. The quantitative estimate of drug-likeness (QED) is 0.384. The molecule has 0 saturated carbocycles. The average Bonchev–Trinajstić information content (AvgIpc) is 3.10. The molecule has 9 heteroatoms. The maximum Gasteiger partial charge on any atom is 0.333 e. The number of aromatic nitrogens is 1. The van der Waals surface area contributed by atoms with Crippen LogP contribution in [-0.2, 0) is 23.0 Å². The van der Waals surface area contributed by atoms with Crippen molar-refractivity contribution in [1.82, 2.24) is 4.57 Å². The summed E-state index contributed by atoms with van der Waals surface area (Å²) in [6, 6.07) is 12.5. The Morgan fingerprint density at radius 1 is 1.18 bits per heavy atom. The molecule has 3 aromatic rings. The Morgan fingerprint density at radius 3 is 2.56 bits per heavy atom. The van der Waals surface area contributed by atoms with Crippen molar-refractivity contribution < 1.29 is 29.2 Å². The number of benzene rings is 2. The van der Waals surface area contributed by atoms with Gasteiger partial charge in [-0.2, -0.15) is 5.26 Å². The van der Waals surface area contributed by atoms with Crippen LogP contribution in [-0.4, -0.2) is 52.3 Å². The molecule has 2 N–H and O–H groups in total. The summed E-state index contributed by atoms with van der Waals surface area (Å²) in [5.41, 5.74) is 2.28. The van der Waals surface area contributed by atoms with E-state index in [0.717, 1.165) is 16.5 Å². The number of aryl methyl sites for hydroxylation is 1. The fourth-order valence-electron chi connectivity index (χ4n) is 3.54. The second-order valence-electron chi connectivity index (χ2n) is 8.19. The zero-order valence-electron chi connectivity index (χ0n) is 19.2. The van der Waals surface area contributed by atoms with Gasteiger partial charge in [-0.3, -0.25) is 0 Å². The maximum absolute atomic E-state index is 11.6. The topological polar surface area (TPSA) is 114 Å². The number of aliphatic hydroxyl groups excluding tert-OH is 1. The van der Waals surface area contributed by atoms with E-state index in [1.807, 2.05) is 36.0 Å². The molecule has 0 radical (unpaired) electrons. The van der Waals surface area contributed by atoms with Gasteiger partial charge in [0.05, 0.1) is 22.2 Å². The lowest BCUT2D eigenvalue weighted by Crippen LogP contribution is -2.29. The number of aliphatic carboxylic acids is 1. The van der Waals surface area contributed by atoms with Crippen LogP contribution in [0, 0.1) is 11.3 Å². The number of nitriles is 1. The van der Waals surface area contributed by atoms with Crippen molar-refractivity contribution in [1.29, 1.82) is 5.26 Å². The minimum absolute atomic E-state index is 0.00971. The summed E-state index contributed by atoms with van der Waals surface area (Å²) in [7, 11) is 1.90. The smallest absolute Gasteiger partial charge is 0.333 e. The van der Waals surface area contributed by atoms with E-state index in [0.29, 0.717) is 21.5 Å². The lowest BCUT2D eigenvalue weighted by Gasteiger charge is -2.16. The first-order chi connectivity index (χ1) is 16.2. The number of aliphatic hydroxyl groups is 1. The normalized spacial score (nSPS) is 13.0. The molecule has 0 aliphatic rings. The standard InChI is InChI=1S/C25H27BrN2O6/c1-15(2)34-24(25(30)31)9-17-12-28(3)22-6-5-19(10-20(17)22)32-13-18(29)14-33-23-7-4-16(11-27)8-21(23)26/h4-8,10,12,15,18,24,29H,9,13-14H2,1-3H3,(H,30,31). The molecule has 2 unspecified atom stereocenters. The Balaban J connectivity index is 1.65. The molecular weight excluding hydrogens is 504 g/mol. The van der Waals surface area contributed by atoms with Crippen molar-refractivity contribution in [2.45, 2.75) is 38.6 Å². The number of ether oxygens (including phenoxy) is 3. The fraction of sp³-hybridized carbons (Fsp3) is 0.360. The summed E-state index contributed by atoms with van der Waals surface area (Å²) in [5.74, 6) is 0.0651. The van der Waals surface area contributed by atoms with Crippen molar-refractivity contribution in [2.75, 3.05) is 13.2 Å². The lowest BCUT2D eigenvalue weighted by molar-refractivity contribution is -0.153. The molecule has 2 aromatic carbocycles. The number of fused-ring (bicyclic) bond motifs is 1. The van der Waals surface area contributed by atoms with Crippen LogP contribution >= 0.6 is 15.9 Å². The molecule has 0 spiro atoms. The van der Waals surface area contributed by atoms with Gasteiger partial charge >= 0.3 is 5.97 Å². The molecule has 0 saturated heterocycles. The maximum atomic E-state index is 11.6. The number of carboxylic acids is 1. The van der Waals surface area contributed by atoms with Gasteiger partial charge in [0.15, 0.2) is 6.10 Å². The van der Waals surface area contributed by atoms with Gasteiger partial charge < -0.3 is 29.0 Å². The number of carbonyl (C=O) groups is 1. The molecule has 0 bridgehead atoms. The van der Waals surface area contributed by atoms with Gasteiger partial charge in [-0.15, -0.1) is 0 Å². The van der Waals surface area contributed by atoms with Gasteiger partial charge in [0.25, 0.3) is 0 Å². The summed E-state index contributed by atoms with van der Waals surface area (Å²) < 4.78 is 19.5. The number of rotatable bonds is 11. The second-order valence-corrected chi connectivity index (χ2v) is 9.05. The molecule has 2 atom stereocenters. The van der Waals surface area contributed by atoms with Crippen LogP contribution in [0.1, 0.15) is 25.0 Å². The van der Waals surface area contributed by atoms with Gasteiger partial charge in [-0.1, -0.05) is 0 Å². The van der Waals surface area contributed by atoms with E-state index in [4.69, 9.17) is 19.5 Å². The highest BCUT2D eigenvalue weighted by Gasteiger charge is 2.22. The molecule has 0 aliphatic carbocycles. The van der Waals surface area contributed by atoms with Crippen LogP contribution < -0.4 is 9.47 Å². The van der Waals surface area contributed by atoms with Crippen LogP contribution in [0.2, 0.25) is 0 Å². The lowest BCUT2D eigenvalue weighted by atomic mass is 10.1. The molecule has 0 amide bonds. The second kappa shape index (κ2) is 11.4. The van der Waals surface area contributed by atoms with Crippen molar-refractivity contribution in [3.63, 3.8) is 0 Å². The summed E-state index contributed by atoms with van der Waals surface area (Å²) in [4.78, 5) is 11.6. The monoisotopic (exact) mass is 530 g/mol. The van der Waals surface area contributed by atoms with Crippen LogP contribution in [0.4, 0.5) is 0 Å². The third kappa shape index (κ3) is 6.50. The van der Waals surface area contributed by atoms with Crippen LogP contribution in [0.5, 0.6) is 11.5 Å². The van der Waals surface area contributed by atoms with Crippen LogP contribution in [0.15, 0.2) is 47.1 Å². The van der Waals surface area contributed by atoms with E-state index in [2.05, 4.69) is 15.9 Å². The van der Waals surface area contributed by atoms with Crippen molar-refractivity contribution >= 4 is 32.8 Å². The van der Waals surface area contributed by atoms with Crippen LogP contribution in [0.3, 0.4) is 0 Å². The first-order valence-electron chi connectivity index (χ1n) is 10.8. The Kier molecular flexibility index (Phi) is 8.56. The molecule has 180 valence electrons. The molecular formula is C25H27BrN2O6. The van der Waals surface area contributed by atoms with Gasteiger partial charge in [-0.25, -0.2) is 4.79 Å². The Morgan fingerprint density at radius 2 is 1.91 bits per heavy atom. The molecule has 3 rings (SSSR count). The largest absolute Gasteiger partial charge is 0.491 e. The molecule has 0 fully saturated rings. The van der Waals surface area contributed by atoms with Gasteiger partial charge in [0.2, 0.25) is 0 Å². The van der Waals surface area contributed by atoms with Crippen molar-refractivity contribution in [3.05, 3.63) is 58.2 Å². The molecule has 8 nitrogen and oxygen atoms in total. The van der Waals surface area contributed by atoms with E-state index in [1.54, 1.807) is 38.1 Å². The average molecular weight is 531 g/mol. The Hall–Kier alpha value is -3.06. The minimum Gasteiger partial charge on any atom is -0.491 e. The van der Waals surface area contributed by atoms with E-state index >= 15 is 0 Å². The molecule has 1 heterocycles. The third-order valence-corrected chi connectivity index (χ3v) is 5.71. The van der Waals surface area contributed by atoms with Crippen LogP contribution in [0.25, 0.3) is 10.9 Å². The summed E-state index contributed by atoms with van der Waals surface area (Å²) >= 11 is 3.35. The van der Waals surface area contributed by atoms with E-state index in [1.165, 1.54) is 0 Å². The van der Waals surface area contributed by atoms with Gasteiger partial charge in [0, 0.05) is 30.6 Å². The number of nitrogens with zero attached hydrogens (tertiary/aromatic N) is 2. The summed E-state index contributed by atoms with van der Waals surface area (Å²) in [6.45, 7) is 3.63. The SMILES string of the molecule is CC(C)OC(Cc1cn(C)c2ccc(OCC(O)COc3ccc(C#N)cc3Br)cc12)C(=O)O. The number of halogens is 1. The fourth-order valence-corrected chi connectivity index (χ4v) is 4.03. The van der Waals surface area contributed by atoms with E-state index < -0.39 is 18.2 Å². The predicted octanol–water partition coefficient (Wildman–Crippen LogP) is 4.05. The summed E-state index contributed by atoms with van der Waals surface area (Å²) in [5, 5.41) is 29.6. The summed E-state index contributed by atoms with van der Waals surface area (Å²) in [6.07, 6.45) is 0.0831. The molecule has 1 aromatic heterocycles. The van der Waals surface area contributed by atoms with Gasteiger partial charge in [0.1, 0.15) is 30.8 Å². The first kappa shape index (κ1) is 25.6. The van der Waals surface area contributed by atoms with Crippen molar-refractivity contribution in [3.8, 4) is 17.6 Å². The Bertz CT molecular complexity index is 1200. The highest BCUT2D eigenvalue weighted by atomic mass is 79.9. The van der Waals surface area contributed by atoms with Gasteiger partial charge in [-0.05, 0) is 71.7 Å². The molecule has 0 aliphatic heterocycles. The minimum atomic E-state index is -1.00. The highest BCUT2D eigenvalue weighted by Crippen LogP contribution is 2.28. The highest BCUT2D eigenvalue weighted by molar-refractivity contribution is 9.10. The van der Waals surface area contributed by atoms with Crippen molar-refractivity contribution in [2.24, 2.45) is 7.05 Å². The predicted molar refractivity (Wildman–Crippen MR) is 130 cm³/mol. The number of hydrogen-bond acceptors (Lipinski definition) is 6.